The summed E-state index contributed by atoms with van der Waals surface area (Å²) in [6, 6.07) is 7.85. The quantitative estimate of drug-likeness (QED) is 0.605. The number of amides is 1. The van der Waals surface area contributed by atoms with Gasteiger partial charge in [-0.25, -0.2) is 0 Å². The zero-order valence-electron chi connectivity index (χ0n) is 16.1. The second-order valence-electron chi connectivity index (χ2n) is 7.57. The van der Waals surface area contributed by atoms with Crippen molar-refractivity contribution in [2.75, 3.05) is 19.6 Å². The highest BCUT2D eigenvalue weighted by atomic mass is 16.2. The molecule has 0 bridgehead atoms. The standard InChI is InChI=1S/C22H30N2O2/c1-5-12-23-22(26)17(4)24-13-10-20(11-14-24)21(25)19-8-6-18(7-9-19)15-16(2)3/h1,6-9,16-17,20H,10-15H2,2-4H3,(H,23,26). The molecule has 1 heterocycles. The van der Waals surface area contributed by atoms with Crippen molar-refractivity contribution in [2.24, 2.45) is 11.8 Å². The van der Waals surface area contributed by atoms with Crippen molar-refractivity contribution < 1.29 is 9.59 Å². The Balaban J connectivity index is 1.88. The Morgan fingerprint density at radius 2 is 1.81 bits per heavy atom. The van der Waals surface area contributed by atoms with Gasteiger partial charge in [0.2, 0.25) is 5.91 Å². The molecule has 0 aromatic heterocycles. The molecule has 1 aromatic carbocycles. The van der Waals surface area contributed by atoms with Crippen molar-refractivity contribution in [1.29, 1.82) is 0 Å². The fraction of sp³-hybridized carbons (Fsp3) is 0.545. The molecule has 1 unspecified atom stereocenters. The van der Waals surface area contributed by atoms with Crippen LogP contribution < -0.4 is 5.32 Å². The first-order valence-electron chi connectivity index (χ1n) is 9.50. The number of hydrogen-bond acceptors (Lipinski definition) is 3. The number of benzene rings is 1. The number of likely N-dealkylation sites (tertiary alicyclic amines) is 1. The lowest BCUT2D eigenvalue weighted by atomic mass is 9.88. The predicted octanol–water partition coefficient (Wildman–Crippen LogP) is 2.92. The molecule has 1 aliphatic heterocycles. The first kappa shape index (κ1) is 20.2. The van der Waals surface area contributed by atoms with Crippen molar-refractivity contribution in [3.8, 4) is 12.3 Å². The van der Waals surface area contributed by atoms with Crippen LogP contribution in [-0.4, -0.2) is 42.3 Å². The Morgan fingerprint density at radius 3 is 2.35 bits per heavy atom. The molecular weight excluding hydrogens is 324 g/mol. The molecule has 0 aliphatic carbocycles. The van der Waals surface area contributed by atoms with Crippen LogP contribution in [0.3, 0.4) is 0 Å². The average Bonchev–Trinajstić information content (AvgIpc) is 2.65. The summed E-state index contributed by atoms with van der Waals surface area (Å²) in [5.41, 5.74) is 2.08. The zero-order valence-corrected chi connectivity index (χ0v) is 16.1. The summed E-state index contributed by atoms with van der Waals surface area (Å²) in [7, 11) is 0. The predicted molar refractivity (Wildman–Crippen MR) is 105 cm³/mol. The number of nitrogens with zero attached hydrogens (tertiary/aromatic N) is 1. The SMILES string of the molecule is C#CCNC(=O)C(C)N1CCC(C(=O)c2ccc(CC(C)C)cc2)CC1. The van der Waals surface area contributed by atoms with Gasteiger partial charge in [0.1, 0.15) is 0 Å². The molecule has 2 rings (SSSR count). The average molecular weight is 354 g/mol. The third-order valence-corrected chi connectivity index (χ3v) is 5.07. The number of nitrogens with one attached hydrogen (secondary N) is 1. The first-order valence-corrected chi connectivity index (χ1v) is 9.50. The molecule has 4 heteroatoms. The molecule has 26 heavy (non-hydrogen) atoms. The van der Waals surface area contributed by atoms with Gasteiger partial charge in [-0.3, -0.25) is 14.5 Å². The summed E-state index contributed by atoms with van der Waals surface area (Å²) < 4.78 is 0. The fourth-order valence-corrected chi connectivity index (χ4v) is 3.51. The van der Waals surface area contributed by atoms with E-state index in [1.54, 1.807) is 0 Å². The van der Waals surface area contributed by atoms with Crippen LogP contribution in [0, 0.1) is 24.2 Å². The lowest BCUT2D eigenvalue weighted by Gasteiger charge is -2.34. The number of piperidine rings is 1. The van der Waals surface area contributed by atoms with E-state index in [-0.39, 0.29) is 30.2 Å². The zero-order chi connectivity index (χ0) is 19.1. The number of carbonyl (C=O) groups is 2. The van der Waals surface area contributed by atoms with E-state index >= 15 is 0 Å². The minimum atomic E-state index is -0.213. The molecular formula is C22H30N2O2. The minimum absolute atomic E-state index is 0.0446. The Kier molecular flexibility index (Phi) is 7.41. The van der Waals surface area contributed by atoms with Crippen molar-refractivity contribution in [2.45, 2.75) is 46.1 Å². The molecule has 1 amide bonds. The monoisotopic (exact) mass is 354 g/mol. The van der Waals surface area contributed by atoms with E-state index in [2.05, 4.69) is 42.1 Å². The highest BCUT2D eigenvalue weighted by Gasteiger charge is 2.30. The van der Waals surface area contributed by atoms with Crippen LogP contribution in [0.2, 0.25) is 0 Å². The Labute approximate surface area is 157 Å². The maximum Gasteiger partial charge on any atom is 0.237 e. The molecule has 1 fully saturated rings. The molecule has 1 aromatic rings. The lowest BCUT2D eigenvalue weighted by molar-refractivity contribution is -0.126. The van der Waals surface area contributed by atoms with Crippen molar-refractivity contribution in [1.82, 2.24) is 10.2 Å². The Morgan fingerprint density at radius 1 is 1.19 bits per heavy atom. The molecule has 1 aliphatic rings. The lowest BCUT2D eigenvalue weighted by Crippen LogP contribution is -2.49. The number of Topliss-reactive ketones (excluding diaryl/α,β-unsaturated/α-hetero) is 1. The van der Waals surface area contributed by atoms with E-state index in [1.807, 2.05) is 19.1 Å². The van der Waals surface area contributed by atoms with Gasteiger partial charge in [0, 0.05) is 11.5 Å². The molecule has 0 saturated carbocycles. The largest absolute Gasteiger partial charge is 0.344 e. The third kappa shape index (κ3) is 5.44. The summed E-state index contributed by atoms with van der Waals surface area (Å²) in [5, 5.41) is 2.72. The van der Waals surface area contributed by atoms with Gasteiger partial charge in [0.25, 0.3) is 0 Å². The molecule has 0 spiro atoms. The highest BCUT2D eigenvalue weighted by Crippen LogP contribution is 2.23. The van der Waals surface area contributed by atoms with E-state index in [0.717, 1.165) is 37.9 Å². The minimum Gasteiger partial charge on any atom is -0.344 e. The van der Waals surface area contributed by atoms with E-state index in [0.29, 0.717) is 5.92 Å². The third-order valence-electron chi connectivity index (χ3n) is 5.07. The summed E-state index contributed by atoms with van der Waals surface area (Å²) in [5.74, 6) is 3.25. The maximum atomic E-state index is 12.8. The molecule has 140 valence electrons. The number of rotatable bonds is 7. The van der Waals surface area contributed by atoms with Crippen LogP contribution >= 0.6 is 0 Å². The van der Waals surface area contributed by atoms with E-state index < -0.39 is 0 Å². The molecule has 0 radical (unpaired) electrons. The Hall–Kier alpha value is -2.12. The van der Waals surface area contributed by atoms with Gasteiger partial charge in [0.15, 0.2) is 5.78 Å². The van der Waals surface area contributed by atoms with Gasteiger partial charge in [-0.2, -0.15) is 0 Å². The molecule has 1 saturated heterocycles. The second-order valence-corrected chi connectivity index (χ2v) is 7.57. The number of hydrogen-bond donors (Lipinski definition) is 1. The number of ketones is 1. The van der Waals surface area contributed by atoms with E-state index in [9.17, 15) is 9.59 Å². The summed E-state index contributed by atoms with van der Waals surface area (Å²) in [6.07, 6.45) is 7.80. The van der Waals surface area contributed by atoms with Gasteiger partial charge >= 0.3 is 0 Å². The smallest absolute Gasteiger partial charge is 0.237 e. The van der Waals surface area contributed by atoms with Gasteiger partial charge in [0.05, 0.1) is 12.6 Å². The van der Waals surface area contributed by atoms with Crippen LogP contribution in [-0.2, 0) is 11.2 Å². The van der Waals surface area contributed by atoms with Gasteiger partial charge in [-0.1, -0.05) is 44.0 Å². The van der Waals surface area contributed by atoms with Crippen LogP contribution in [0.1, 0.15) is 49.5 Å². The van der Waals surface area contributed by atoms with E-state index in [1.165, 1.54) is 5.56 Å². The van der Waals surface area contributed by atoms with Crippen molar-refractivity contribution >= 4 is 11.7 Å². The first-order chi connectivity index (χ1) is 12.4. The molecule has 1 N–H and O–H groups in total. The van der Waals surface area contributed by atoms with Gasteiger partial charge in [-0.15, -0.1) is 6.42 Å². The number of terminal acetylenes is 1. The summed E-state index contributed by atoms with van der Waals surface area (Å²) in [6.45, 7) is 8.05. The van der Waals surface area contributed by atoms with Crippen molar-refractivity contribution in [3.63, 3.8) is 0 Å². The van der Waals surface area contributed by atoms with Crippen molar-refractivity contribution in [3.05, 3.63) is 35.4 Å². The maximum absolute atomic E-state index is 12.8. The topological polar surface area (TPSA) is 49.4 Å². The molecule has 4 nitrogen and oxygen atoms in total. The van der Waals surface area contributed by atoms with Gasteiger partial charge < -0.3 is 5.32 Å². The second kappa shape index (κ2) is 9.54. The number of carbonyl (C=O) groups excluding carboxylic acids is 2. The normalized spacial score (nSPS) is 16.9. The molecule has 1 atom stereocenters. The van der Waals surface area contributed by atoms with Crippen LogP contribution in [0.15, 0.2) is 24.3 Å². The Bertz CT molecular complexity index is 650. The van der Waals surface area contributed by atoms with Crippen LogP contribution in [0.25, 0.3) is 0 Å². The fourth-order valence-electron chi connectivity index (χ4n) is 3.51. The highest BCUT2D eigenvalue weighted by molar-refractivity contribution is 5.98. The van der Waals surface area contributed by atoms with Crippen LogP contribution in [0.4, 0.5) is 0 Å². The van der Waals surface area contributed by atoms with E-state index in [4.69, 9.17) is 6.42 Å². The summed E-state index contributed by atoms with van der Waals surface area (Å²) in [4.78, 5) is 26.9. The van der Waals surface area contributed by atoms with Crippen LogP contribution in [0.5, 0.6) is 0 Å². The summed E-state index contributed by atoms with van der Waals surface area (Å²) >= 11 is 0. The van der Waals surface area contributed by atoms with Gasteiger partial charge in [-0.05, 0) is 50.8 Å².